The second kappa shape index (κ2) is 6.97. The Morgan fingerprint density at radius 3 is 2.65 bits per heavy atom. The summed E-state index contributed by atoms with van der Waals surface area (Å²) in [5.41, 5.74) is 5.73. The van der Waals surface area contributed by atoms with Gasteiger partial charge in [-0.1, -0.05) is 26.7 Å². The second-order valence-corrected chi connectivity index (χ2v) is 5.37. The van der Waals surface area contributed by atoms with Gasteiger partial charge < -0.3 is 15.8 Å². The number of nitrogens with one attached hydrogen (secondary N) is 1. The predicted molar refractivity (Wildman–Crippen MR) is 68.6 cm³/mol. The molecule has 0 aromatic heterocycles. The maximum absolute atomic E-state index is 11.9. The van der Waals surface area contributed by atoms with Crippen LogP contribution in [0.4, 0.5) is 0 Å². The molecule has 3 N–H and O–H groups in total. The fourth-order valence-corrected chi connectivity index (χ4v) is 2.68. The van der Waals surface area contributed by atoms with Crippen molar-refractivity contribution < 1.29 is 9.53 Å². The first-order valence-electron chi connectivity index (χ1n) is 6.61. The Kier molecular flexibility index (Phi) is 5.92. The molecule has 0 aliphatic heterocycles. The number of amides is 1. The molecule has 0 aromatic carbocycles. The quantitative estimate of drug-likeness (QED) is 0.763. The van der Waals surface area contributed by atoms with Gasteiger partial charge in [0.05, 0.1) is 6.61 Å². The number of hydrogen-bond donors (Lipinski definition) is 2. The third-order valence-corrected chi connectivity index (χ3v) is 3.69. The van der Waals surface area contributed by atoms with Crippen molar-refractivity contribution in [2.75, 3.05) is 13.7 Å². The number of carbonyl (C=O) groups is 1. The molecule has 0 radical (unpaired) electrons. The Morgan fingerprint density at radius 1 is 1.41 bits per heavy atom. The van der Waals surface area contributed by atoms with E-state index in [-0.39, 0.29) is 12.5 Å². The zero-order chi connectivity index (χ0) is 12.8. The molecule has 0 bridgehead atoms. The van der Waals surface area contributed by atoms with Gasteiger partial charge in [-0.3, -0.25) is 4.79 Å². The van der Waals surface area contributed by atoms with E-state index in [0.29, 0.717) is 17.9 Å². The SMILES string of the molecule is COCC(N)C(=O)NC1CCCCC1C(C)C. The second-order valence-electron chi connectivity index (χ2n) is 5.37. The Morgan fingerprint density at radius 2 is 2.06 bits per heavy atom. The fourth-order valence-electron chi connectivity index (χ4n) is 2.68. The van der Waals surface area contributed by atoms with E-state index in [4.69, 9.17) is 10.5 Å². The van der Waals surface area contributed by atoms with Gasteiger partial charge >= 0.3 is 0 Å². The van der Waals surface area contributed by atoms with E-state index in [1.54, 1.807) is 7.11 Å². The summed E-state index contributed by atoms with van der Waals surface area (Å²) in [6.45, 7) is 4.74. The lowest BCUT2D eigenvalue weighted by molar-refractivity contribution is -0.124. The summed E-state index contributed by atoms with van der Waals surface area (Å²) in [5, 5.41) is 3.09. The summed E-state index contributed by atoms with van der Waals surface area (Å²) >= 11 is 0. The van der Waals surface area contributed by atoms with Crippen LogP contribution in [0, 0.1) is 11.8 Å². The van der Waals surface area contributed by atoms with Crippen LogP contribution in [0.25, 0.3) is 0 Å². The standard InChI is InChI=1S/C13H26N2O2/c1-9(2)10-6-4-5-7-12(10)15-13(16)11(14)8-17-3/h9-12H,4-8,14H2,1-3H3,(H,15,16). The molecule has 3 unspecified atom stereocenters. The Bertz CT molecular complexity index is 244. The van der Waals surface area contributed by atoms with Gasteiger partial charge in [0.15, 0.2) is 0 Å². The van der Waals surface area contributed by atoms with Crippen molar-refractivity contribution in [3.05, 3.63) is 0 Å². The highest BCUT2D eigenvalue weighted by atomic mass is 16.5. The summed E-state index contributed by atoms with van der Waals surface area (Å²) in [6.07, 6.45) is 4.77. The van der Waals surface area contributed by atoms with Gasteiger partial charge in [0.25, 0.3) is 0 Å². The number of methoxy groups -OCH3 is 1. The van der Waals surface area contributed by atoms with Crippen LogP contribution >= 0.6 is 0 Å². The van der Waals surface area contributed by atoms with Gasteiger partial charge in [-0.25, -0.2) is 0 Å². The monoisotopic (exact) mass is 242 g/mol. The average Bonchev–Trinajstić information content (AvgIpc) is 2.29. The number of ether oxygens (including phenoxy) is 1. The summed E-state index contributed by atoms with van der Waals surface area (Å²) in [7, 11) is 1.56. The topological polar surface area (TPSA) is 64.3 Å². The molecule has 0 heterocycles. The van der Waals surface area contributed by atoms with Gasteiger partial charge in [0.1, 0.15) is 6.04 Å². The van der Waals surface area contributed by atoms with Crippen LogP contribution in [0.3, 0.4) is 0 Å². The zero-order valence-electron chi connectivity index (χ0n) is 11.2. The van der Waals surface area contributed by atoms with E-state index in [2.05, 4.69) is 19.2 Å². The van der Waals surface area contributed by atoms with Crippen molar-refractivity contribution in [3.8, 4) is 0 Å². The smallest absolute Gasteiger partial charge is 0.239 e. The molecule has 17 heavy (non-hydrogen) atoms. The Labute approximate surface area is 104 Å². The Hall–Kier alpha value is -0.610. The number of hydrogen-bond acceptors (Lipinski definition) is 3. The molecule has 0 aromatic rings. The minimum atomic E-state index is -0.547. The van der Waals surface area contributed by atoms with E-state index in [1.807, 2.05) is 0 Å². The van der Waals surface area contributed by atoms with Crippen LogP contribution in [-0.2, 0) is 9.53 Å². The first-order valence-corrected chi connectivity index (χ1v) is 6.61. The van der Waals surface area contributed by atoms with Crippen LogP contribution in [0.5, 0.6) is 0 Å². The van der Waals surface area contributed by atoms with Gasteiger partial charge in [-0.15, -0.1) is 0 Å². The predicted octanol–water partition coefficient (Wildman–Crippen LogP) is 1.29. The molecule has 4 heteroatoms. The summed E-state index contributed by atoms with van der Waals surface area (Å²) in [4.78, 5) is 11.9. The highest BCUT2D eigenvalue weighted by Crippen LogP contribution is 2.30. The molecule has 0 spiro atoms. The van der Waals surface area contributed by atoms with Crippen LogP contribution in [0.15, 0.2) is 0 Å². The molecule has 3 atom stereocenters. The summed E-state index contributed by atoms with van der Waals surface area (Å²) in [6, 6.07) is -0.256. The van der Waals surface area contributed by atoms with E-state index < -0.39 is 6.04 Å². The largest absolute Gasteiger partial charge is 0.383 e. The molecule has 100 valence electrons. The fraction of sp³-hybridized carbons (Fsp3) is 0.923. The molecule has 4 nitrogen and oxygen atoms in total. The van der Waals surface area contributed by atoms with Crippen LogP contribution in [0.2, 0.25) is 0 Å². The first-order chi connectivity index (χ1) is 8.06. The maximum Gasteiger partial charge on any atom is 0.239 e. The lowest BCUT2D eigenvalue weighted by atomic mass is 9.78. The van der Waals surface area contributed by atoms with Crippen molar-refractivity contribution in [1.29, 1.82) is 0 Å². The lowest BCUT2D eigenvalue weighted by Crippen LogP contribution is -2.51. The van der Waals surface area contributed by atoms with Crippen LogP contribution in [0.1, 0.15) is 39.5 Å². The van der Waals surface area contributed by atoms with Crippen LogP contribution < -0.4 is 11.1 Å². The highest BCUT2D eigenvalue weighted by Gasteiger charge is 2.29. The molecule has 1 amide bonds. The van der Waals surface area contributed by atoms with E-state index >= 15 is 0 Å². The van der Waals surface area contributed by atoms with Gasteiger partial charge in [-0.05, 0) is 24.7 Å². The third-order valence-electron chi connectivity index (χ3n) is 3.69. The minimum Gasteiger partial charge on any atom is -0.383 e. The molecular weight excluding hydrogens is 216 g/mol. The normalized spacial score (nSPS) is 26.9. The van der Waals surface area contributed by atoms with Gasteiger partial charge in [-0.2, -0.15) is 0 Å². The molecule has 0 saturated heterocycles. The summed E-state index contributed by atoms with van der Waals surface area (Å²) < 4.78 is 4.90. The molecule has 1 rings (SSSR count). The molecule has 1 fully saturated rings. The molecule has 1 aliphatic rings. The average molecular weight is 242 g/mol. The third kappa shape index (κ3) is 4.28. The minimum absolute atomic E-state index is 0.0793. The maximum atomic E-state index is 11.9. The van der Waals surface area contributed by atoms with E-state index in [0.717, 1.165) is 6.42 Å². The van der Waals surface area contributed by atoms with Crippen molar-refractivity contribution >= 4 is 5.91 Å². The zero-order valence-corrected chi connectivity index (χ0v) is 11.2. The van der Waals surface area contributed by atoms with Crippen molar-refractivity contribution in [1.82, 2.24) is 5.32 Å². The van der Waals surface area contributed by atoms with Crippen molar-refractivity contribution in [2.45, 2.75) is 51.6 Å². The van der Waals surface area contributed by atoms with Gasteiger partial charge in [0, 0.05) is 13.2 Å². The van der Waals surface area contributed by atoms with E-state index in [1.165, 1.54) is 19.3 Å². The molecule has 1 saturated carbocycles. The highest BCUT2D eigenvalue weighted by molar-refractivity contribution is 5.81. The molecular formula is C13H26N2O2. The van der Waals surface area contributed by atoms with Crippen molar-refractivity contribution in [3.63, 3.8) is 0 Å². The number of carbonyl (C=O) groups excluding carboxylic acids is 1. The first kappa shape index (κ1) is 14.5. The number of nitrogens with two attached hydrogens (primary N) is 1. The lowest BCUT2D eigenvalue weighted by Gasteiger charge is -2.35. The number of rotatable bonds is 5. The Balaban J connectivity index is 2.49. The van der Waals surface area contributed by atoms with Gasteiger partial charge in [0.2, 0.25) is 5.91 Å². The summed E-state index contributed by atoms with van der Waals surface area (Å²) in [5.74, 6) is 1.12. The van der Waals surface area contributed by atoms with Crippen molar-refractivity contribution in [2.24, 2.45) is 17.6 Å². The van der Waals surface area contributed by atoms with Crippen LogP contribution in [-0.4, -0.2) is 31.7 Å². The van der Waals surface area contributed by atoms with E-state index in [9.17, 15) is 4.79 Å². The molecule has 1 aliphatic carbocycles.